The van der Waals surface area contributed by atoms with Crippen molar-refractivity contribution in [3.8, 4) is 0 Å². The summed E-state index contributed by atoms with van der Waals surface area (Å²) in [6.45, 7) is 3.92. The maximum atomic E-state index is 11.9. The van der Waals surface area contributed by atoms with E-state index in [9.17, 15) is 9.59 Å². The van der Waals surface area contributed by atoms with Gasteiger partial charge in [0.15, 0.2) is 5.16 Å². The molecule has 5 nitrogen and oxygen atoms in total. The van der Waals surface area contributed by atoms with Gasteiger partial charge in [-0.1, -0.05) is 43.3 Å². The van der Waals surface area contributed by atoms with Gasteiger partial charge in [0.2, 0.25) is 5.91 Å². The van der Waals surface area contributed by atoms with Crippen LogP contribution in [0.25, 0.3) is 0 Å². The first-order valence-electron chi connectivity index (χ1n) is 6.73. The Kier molecular flexibility index (Phi) is 5.63. The number of carbonyl (C=O) groups excluding carboxylic acids is 1. The van der Waals surface area contributed by atoms with Gasteiger partial charge in [-0.15, -0.1) is 0 Å². The minimum Gasteiger partial charge on any atom is -0.325 e. The van der Waals surface area contributed by atoms with Crippen molar-refractivity contribution in [1.82, 2.24) is 9.97 Å². The van der Waals surface area contributed by atoms with Crippen LogP contribution in [0.3, 0.4) is 0 Å². The fourth-order valence-electron chi connectivity index (χ4n) is 1.71. The molecule has 0 saturated heterocycles. The van der Waals surface area contributed by atoms with Gasteiger partial charge in [0.1, 0.15) is 0 Å². The number of thioether (sulfide) groups is 1. The lowest BCUT2D eigenvalue weighted by molar-refractivity contribution is -0.113. The van der Waals surface area contributed by atoms with E-state index >= 15 is 0 Å². The largest absolute Gasteiger partial charge is 0.325 e. The molecule has 0 radical (unpaired) electrons. The van der Waals surface area contributed by atoms with E-state index in [0.29, 0.717) is 21.6 Å². The standard InChI is InChI=1S/C15H16ClN3O2S/c1-9(2)12-7-13(20)19-15(18-12)22-8-14(21)17-11-5-3-4-10(16)6-11/h3-7,9H,8H2,1-2H3,(H,17,21)(H,18,19,20). The number of rotatable bonds is 5. The first-order chi connectivity index (χ1) is 10.4. The van der Waals surface area contributed by atoms with Gasteiger partial charge in [0.25, 0.3) is 5.56 Å². The van der Waals surface area contributed by atoms with Crippen LogP contribution in [-0.2, 0) is 4.79 Å². The number of benzene rings is 1. The molecule has 0 atom stereocenters. The van der Waals surface area contributed by atoms with E-state index in [2.05, 4.69) is 15.3 Å². The van der Waals surface area contributed by atoms with Gasteiger partial charge in [0.05, 0.1) is 11.4 Å². The molecule has 1 amide bonds. The van der Waals surface area contributed by atoms with Crippen molar-refractivity contribution in [3.63, 3.8) is 0 Å². The van der Waals surface area contributed by atoms with Crippen LogP contribution in [0.15, 0.2) is 40.3 Å². The summed E-state index contributed by atoms with van der Waals surface area (Å²) in [5.41, 5.74) is 1.13. The van der Waals surface area contributed by atoms with Crippen LogP contribution in [-0.4, -0.2) is 21.6 Å². The van der Waals surface area contributed by atoms with Crippen LogP contribution in [0, 0.1) is 0 Å². The van der Waals surface area contributed by atoms with Crippen molar-refractivity contribution >= 4 is 35.0 Å². The van der Waals surface area contributed by atoms with Gasteiger partial charge in [-0.2, -0.15) is 0 Å². The average Bonchev–Trinajstić information content (AvgIpc) is 2.44. The maximum Gasteiger partial charge on any atom is 0.251 e. The maximum absolute atomic E-state index is 11.9. The van der Waals surface area contributed by atoms with Crippen LogP contribution in [0.2, 0.25) is 5.02 Å². The Bertz CT molecular complexity index is 731. The molecule has 0 aliphatic heterocycles. The van der Waals surface area contributed by atoms with E-state index in [1.54, 1.807) is 24.3 Å². The Morgan fingerprint density at radius 3 is 2.86 bits per heavy atom. The number of hydrogen-bond donors (Lipinski definition) is 2. The number of H-pyrrole nitrogens is 1. The monoisotopic (exact) mass is 337 g/mol. The van der Waals surface area contributed by atoms with Crippen molar-refractivity contribution in [1.29, 1.82) is 0 Å². The summed E-state index contributed by atoms with van der Waals surface area (Å²) in [6, 6.07) is 8.40. The highest BCUT2D eigenvalue weighted by atomic mass is 35.5. The number of nitrogens with one attached hydrogen (secondary N) is 2. The van der Waals surface area contributed by atoms with Crippen LogP contribution in [0.1, 0.15) is 25.5 Å². The first kappa shape index (κ1) is 16.6. The van der Waals surface area contributed by atoms with Crippen molar-refractivity contribution in [2.24, 2.45) is 0 Å². The zero-order chi connectivity index (χ0) is 16.1. The van der Waals surface area contributed by atoms with Gasteiger partial charge >= 0.3 is 0 Å². The summed E-state index contributed by atoms with van der Waals surface area (Å²) in [6.07, 6.45) is 0. The molecule has 116 valence electrons. The normalized spacial score (nSPS) is 10.7. The molecule has 22 heavy (non-hydrogen) atoms. The summed E-state index contributed by atoms with van der Waals surface area (Å²) in [7, 11) is 0. The van der Waals surface area contributed by atoms with Crippen molar-refractivity contribution in [3.05, 3.63) is 51.4 Å². The van der Waals surface area contributed by atoms with Crippen molar-refractivity contribution in [2.75, 3.05) is 11.1 Å². The summed E-state index contributed by atoms with van der Waals surface area (Å²) in [4.78, 5) is 30.4. The number of halogens is 1. The third-order valence-corrected chi connectivity index (χ3v) is 3.89. The fraction of sp³-hybridized carbons (Fsp3) is 0.267. The molecule has 0 saturated carbocycles. The smallest absolute Gasteiger partial charge is 0.251 e. The lowest BCUT2D eigenvalue weighted by Gasteiger charge is -2.07. The number of amides is 1. The molecule has 0 unspecified atom stereocenters. The molecule has 0 fully saturated rings. The van der Waals surface area contributed by atoms with Crippen LogP contribution in [0.4, 0.5) is 5.69 Å². The van der Waals surface area contributed by atoms with Gasteiger partial charge in [-0.05, 0) is 24.1 Å². The zero-order valence-corrected chi connectivity index (χ0v) is 13.8. The molecule has 0 spiro atoms. The predicted molar refractivity (Wildman–Crippen MR) is 89.8 cm³/mol. The molecule has 0 bridgehead atoms. The number of hydrogen-bond acceptors (Lipinski definition) is 4. The number of anilines is 1. The molecule has 2 aromatic rings. The average molecular weight is 338 g/mol. The molecule has 0 aliphatic carbocycles. The number of aromatic nitrogens is 2. The molecule has 2 N–H and O–H groups in total. The second kappa shape index (κ2) is 7.47. The first-order valence-corrected chi connectivity index (χ1v) is 8.10. The molecule has 7 heteroatoms. The lowest BCUT2D eigenvalue weighted by atomic mass is 10.1. The van der Waals surface area contributed by atoms with Crippen molar-refractivity contribution < 1.29 is 4.79 Å². The number of aromatic amines is 1. The summed E-state index contributed by atoms with van der Waals surface area (Å²) in [5.74, 6) is 0.114. The Hall–Kier alpha value is -1.79. The van der Waals surface area contributed by atoms with Gasteiger partial charge in [-0.25, -0.2) is 4.98 Å². The molecular weight excluding hydrogens is 322 g/mol. The SMILES string of the molecule is CC(C)c1cc(=O)[nH]c(SCC(=O)Nc2cccc(Cl)c2)n1. The Labute approximate surface area is 137 Å². The quantitative estimate of drug-likeness (QED) is 0.648. The highest BCUT2D eigenvalue weighted by Gasteiger charge is 2.08. The highest BCUT2D eigenvalue weighted by Crippen LogP contribution is 2.17. The van der Waals surface area contributed by atoms with E-state index < -0.39 is 0 Å². The van der Waals surface area contributed by atoms with E-state index in [1.807, 2.05) is 13.8 Å². The summed E-state index contributed by atoms with van der Waals surface area (Å²) >= 11 is 7.05. The van der Waals surface area contributed by atoms with E-state index in [-0.39, 0.29) is 23.1 Å². The summed E-state index contributed by atoms with van der Waals surface area (Å²) in [5, 5.41) is 3.74. The molecule has 1 heterocycles. The Morgan fingerprint density at radius 1 is 1.41 bits per heavy atom. The second-order valence-corrected chi connectivity index (χ2v) is 6.38. The highest BCUT2D eigenvalue weighted by molar-refractivity contribution is 7.99. The third-order valence-electron chi connectivity index (χ3n) is 2.78. The van der Waals surface area contributed by atoms with Gasteiger partial charge in [0, 0.05) is 16.8 Å². The minimum atomic E-state index is -0.212. The number of carbonyl (C=O) groups is 1. The third kappa shape index (κ3) is 4.89. The fourth-order valence-corrected chi connectivity index (χ4v) is 2.59. The second-order valence-electron chi connectivity index (χ2n) is 4.98. The van der Waals surface area contributed by atoms with Gasteiger partial charge in [-0.3, -0.25) is 9.59 Å². The van der Waals surface area contributed by atoms with Crippen molar-refractivity contribution in [2.45, 2.75) is 24.9 Å². The van der Waals surface area contributed by atoms with E-state index in [0.717, 1.165) is 0 Å². The van der Waals surface area contributed by atoms with E-state index in [4.69, 9.17) is 11.6 Å². The van der Waals surface area contributed by atoms with Crippen LogP contribution < -0.4 is 10.9 Å². The summed E-state index contributed by atoms with van der Waals surface area (Å²) < 4.78 is 0. The Balaban J connectivity index is 1.98. The molecule has 1 aromatic heterocycles. The molecule has 1 aromatic carbocycles. The molecule has 2 rings (SSSR count). The van der Waals surface area contributed by atoms with E-state index in [1.165, 1.54) is 17.8 Å². The lowest BCUT2D eigenvalue weighted by Crippen LogP contribution is -2.16. The predicted octanol–water partition coefficient (Wildman–Crippen LogP) is 3.28. The molecular formula is C15H16ClN3O2S. The van der Waals surface area contributed by atoms with Gasteiger partial charge < -0.3 is 10.3 Å². The number of nitrogens with zero attached hydrogens (tertiary/aromatic N) is 1. The van der Waals surface area contributed by atoms with Crippen LogP contribution in [0.5, 0.6) is 0 Å². The molecule has 0 aliphatic rings. The van der Waals surface area contributed by atoms with Crippen LogP contribution >= 0.6 is 23.4 Å². The zero-order valence-electron chi connectivity index (χ0n) is 12.2. The Morgan fingerprint density at radius 2 is 2.18 bits per heavy atom. The topological polar surface area (TPSA) is 74.8 Å². The minimum absolute atomic E-state index is 0.150.